The molecule has 4 rings (SSSR count). The maximum absolute atomic E-state index is 14.4. The number of hydrogen-bond acceptors (Lipinski definition) is 4. The average Bonchev–Trinajstić information content (AvgIpc) is 2.88. The van der Waals surface area contributed by atoms with Crippen LogP contribution >= 0.6 is 11.8 Å². The van der Waals surface area contributed by atoms with Crippen LogP contribution in [0.4, 0.5) is 19.3 Å². The van der Waals surface area contributed by atoms with Crippen molar-refractivity contribution in [2.45, 2.75) is 12.0 Å². The quantitative estimate of drug-likeness (QED) is 0.911. The lowest BCUT2D eigenvalue weighted by atomic mass is 10.1. The molecule has 5 nitrogen and oxygen atoms in total. The highest BCUT2D eigenvalue weighted by Gasteiger charge is 2.55. The Hall–Kier alpha value is -1.83. The lowest BCUT2D eigenvalue weighted by Gasteiger charge is -2.15. The number of primary amides is 1. The van der Waals surface area contributed by atoms with Gasteiger partial charge in [-0.1, -0.05) is 0 Å². The molecule has 1 saturated carbocycles. The zero-order valence-corrected chi connectivity index (χ0v) is 12.8. The molecule has 3 aliphatic rings. The molecule has 1 unspecified atom stereocenters. The predicted octanol–water partition coefficient (Wildman–Crippen LogP) is 1.85. The summed E-state index contributed by atoms with van der Waals surface area (Å²) in [6.45, 7) is -0.141. The van der Waals surface area contributed by atoms with E-state index in [0.717, 1.165) is 28.5 Å². The van der Waals surface area contributed by atoms with Crippen LogP contribution in [0.3, 0.4) is 0 Å². The number of ether oxygens (including phenoxy) is 1. The van der Waals surface area contributed by atoms with Crippen molar-refractivity contribution >= 4 is 29.4 Å². The molecular formula is C15H14F2N2O3S. The van der Waals surface area contributed by atoms with E-state index in [4.69, 9.17) is 10.5 Å². The Balaban J connectivity index is 1.62. The molecule has 3 fully saturated rings. The van der Waals surface area contributed by atoms with Crippen LogP contribution in [0.1, 0.15) is 11.5 Å². The number of thioether (sulfide) groups is 1. The molecule has 1 aromatic rings. The number of carbonyl (C=O) groups excluding carboxylic acids is 2. The van der Waals surface area contributed by atoms with Crippen LogP contribution < -0.4 is 10.6 Å². The second-order valence-electron chi connectivity index (χ2n) is 6.10. The molecule has 0 spiro atoms. The van der Waals surface area contributed by atoms with E-state index in [9.17, 15) is 18.4 Å². The highest BCUT2D eigenvalue weighted by Crippen LogP contribution is 2.61. The van der Waals surface area contributed by atoms with Gasteiger partial charge in [-0.3, -0.25) is 9.69 Å². The summed E-state index contributed by atoms with van der Waals surface area (Å²) in [4.78, 5) is 23.9. The van der Waals surface area contributed by atoms with Gasteiger partial charge in [0.2, 0.25) is 0 Å². The number of anilines is 1. The van der Waals surface area contributed by atoms with Crippen LogP contribution in [0.15, 0.2) is 12.1 Å². The molecule has 2 aliphatic heterocycles. The summed E-state index contributed by atoms with van der Waals surface area (Å²) in [5.41, 5.74) is 5.24. The Morgan fingerprint density at radius 3 is 2.39 bits per heavy atom. The van der Waals surface area contributed by atoms with Crippen molar-refractivity contribution in [1.29, 1.82) is 0 Å². The molecule has 0 radical (unpaired) electrons. The number of carbonyl (C=O) groups is 2. The molecule has 4 atom stereocenters. The number of halogens is 2. The summed E-state index contributed by atoms with van der Waals surface area (Å²) in [6.07, 6.45) is -1.94. The van der Waals surface area contributed by atoms with E-state index >= 15 is 0 Å². The molecule has 2 saturated heterocycles. The lowest BCUT2D eigenvalue weighted by molar-refractivity contribution is -0.124. The summed E-state index contributed by atoms with van der Waals surface area (Å²) in [5.74, 6) is 0.427. The summed E-state index contributed by atoms with van der Waals surface area (Å²) < 4.78 is 33.6. The number of fused-ring (bicyclic) bond motifs is 1. The van der Waals surface area contributed by atoms with E-state index < -0.39 is 29.7 Å². The second-order valence-corrected chi connectivity index (χ2v) is 7.17. The Bertz CT molecular complexity index is 681. The van der Waals surface area contributed by atoms with E-state index in [1.54, 1.807) is 0 Å². The van der Waals surface area contributed by atoms with Crippen LogP contribution in [0.5, 0.6) is 0 Å². The first-order valence-corrected chi connectivity index (χ1v) is 8.47. The Labute approximate surface area is 135 Å². The normalized spacial score (nSPS) is 31.9. The minimum absolute atomic E-state index is 0.0395. The van der Waals surface area contributed by atoms with Gasteiger partial charge >= 0.3 is 6.09 Å². The molecule has 0 aromatic heterocycles. The van der Waals surface area contributed by atoms with E-state index in [1.807, 2.05) is 11.8 Å². The van der Waals surface area contributed by atoms with Gasteiger partial charge in [0.1, 0.15) is 11.6 Å². The van der Waals surface area contributed by atoms with Crippen molar-refractivity contribution in [3.63, 3.8) is 0 Å². The van der Waals surface area contributed by atoms with Gasteiger partial charge in [-0.25, -0.2) is 13.6 Å². The van der Waals surface area contributed by atoms with E-state index in [0.29, 0.717) is 11.8 Å². The average molecular weight is 340 g/mol. The topological polar surface area (TPSA) is 72.6 Å². The van der Waals surface area contributed by atoms with Crippen molar-refractivity contribution in [2.24, 2.45) is 17.6 Å². The highest BCUT2D eigenvalue weighted by atomic mass is 32.2. The molecule has 2 heterocycles. The van der Waals surface area contributed by atoms with Crippen molar-refractivity contribution < 1.29 is 23.1 Å². The van der Waals surface area contributed by atoms with Crippen molar-refractivity contribution in [3.8, 4) is 0 Å². The van der Waals surface area contributed by atoms with Gasteiger partial charge in [-0.05, 0) is 41.4 Å². The van der Waals surface area contributed by atoms with Crippen molar-refractivity contribution in [1.82, 2.24) is 0 Å². The second kappa shape index (κ2) is 5.09. The SMILES string of the molecule is NC(=O)[C@H]1CN(c2cc(F)c(C3[C@H]4CSC[C@@H]34)c(F)c2)C(=O)O1. The van der Waals surface area contributed by atoms with Gasteiger partial charge in [0.25, 0.3) is 5.91 Å². The van der Waals surface area contributed by atoms with Gasteiger partial charge < -0.3 is 10.5 Å². The highest BCUT2D eigenvalue weighted by molar-refractivity contribution is 7.99. The van der Waals surface area contributed by atoms with Gasteiger partial charge in [-0.2, -0.15) is 11.8 Å². The zero-order valence-electron chi connectivity index (χ0n) is 12.0. The lowest BCUT2D eigenvalue weighted by Crippen LogP contribution is -2.32. The number of hydrogen-bond donors (Lipinski definition) is 1. The van der Waals surface area contributed by atoms with Crippen molar-refractivity contribution in [2.75, 3.05) is 23.0 Å². The number of rotatable bonds is 3. The molecule has 0 bridgehead atoms. The summed E-state index contributed by atoms with van der Waals surface area (Å²) in [7, 11) is 0. The van der Waals surface area contributed by atoms with Crippen LogP contribution in [0, 0.1) is 23.5 Å². The molecule has 1 aliphatic carbocycles. The smallest absolute Gasteiger partial charge is 0.415 e. The van der Waals surface area contributed by atoms with Crippen LogP contribution in [0.25, 0.3) is 0 Å². The molecular weight excluding hydrogens is 326 g/mol. The third kappa shape index (κ3) is 2.27. The maximum Gasteiger partial charge on any atom is 0.415 e. The van der Waals surface area contributed by atoms with Gasteiger partial charge in [0, 0.05) is 5.56 Å². The number of nitrogens with zero attached hydrogens (tertiary/aromatic N) is 1. The maximum atomic E-state index is 14.4. The fourth-order valence-corrected chi connectivity index (χ4v) is 5.12. The fourth-order valence-electron chi connectivity index (χ4n) is 3.53. The number of amides is 2. The summed E-state index contributed by atoms with van der Waals surface area (Å²) in [5, 5.41) is 0. The minimum Gasteiger partial charge on any atom is -0.434 e. The van der Waals surface area contributed by atoms with E-state index in [-0.39, 0.29) is 23.7 Å². The van der Waals surface area contributed by atoms with Gasteiger partial charge in [0.05, 0.1) is 12.2 Å². The van der Waals surface area contributed by atoms with E-state index in [2.05, 4.69) is 0 Å². The Morgan fingerprint density at radius 1 is 1.26 bits per heavy atom. The standard InChI is InChI=1S/C15H14F2N2O3S/c16-9-1-6(19-3-11(14(18)20)22-15(19)21)2-10(17)13(9)12-7-4-23-5-8(7)12/h1-2,7-8,11-12H,3-5H2,(H2,18,20)/t7-,8+,11-,12?/m1/s1. The zero-order chi connectivity index (χ0) is 16.3. The largest absolute Gasteiger partial charge is 0.434 e. The predicted molar refractivity (Wildman–Crippen MR) is 80.2 cm³/mol. The van der Waals surface area contributed by atoms with Gasteiger partial charge in [0.15, 0.2) is 6.10 Å². The molecule has 8 heteroatoms. The fraction of sp³-hybridized carbons (Fsp3) is 0.467. The van der Waals surface area contributed by atoms with Gasteiger partial charge in [-0.15, -0.1) is 0 Å². The number of benzene rings is 1. The third-order valence-corrected chi connectivity index (χ3v) is 6.03. The first kappa shape index (κ1) is 14.7. The minimum atomic E-state index is -1.10. The Morgan fingerprint density at radius 2 is 1.87 bits per heavy atom. The molecule has 2 N–H and O–H groups in total. The molecule has 1 aromatic carbocycles. The number of nitrogens with two attached hydrogens (primary N) is 1. The van der Waals surface area contributed by atoms with Crippen LogP contribution in [-0.4, -0.2) is 36.2 Å². The molecule has 23 heavy (non-hydrogen) atoms. The monoisotopic (exact) mass is 340 g/mol. The Kier molecular flexibility index (Phi) is 3.26. The molecule has 2 amide bonds. The number of cyclic esters (lactones) is 1. The van der Waals surface area contributed by atoms with Crippen molar-refractivity contribution in [3.05, 3.63) is 29.3 Å². The first-order valence-electron chi connectivity index (χ1n) is 7.31. The summed E-state index contributed by atoms with van der Waals surface area (Å²) in [6, 6.07) is 2.26. The first-order chi connectivity index (χ1) is 11.0. The molecule has 122 valence electrons. The summed E-state index contributed by atoms with van der Waals surface area (Å²) >= 11 is 1.81. The van der Waals surface area contributed by atoms with Crippen LogP contribution in [-0.2, 0) is 9.53 Å². The van der Waals surface area contributed by atoms with E-state index in [1.165, 1.54) is 0 Å². The van der Waals surface area contributed by atoms with Crippen LogP contribution in [0.2, 0.25) is 0 Å². The third-order valence-electron chi connectivity index (χ3n) is 4.79.